The van der Waals surface area contributed by atoms with Crippen LogP contribution in [0.2, 0.25) is 0 Å². The van der Waals surface area contributed by atoms with Crippen molar-refractivity contribution in [2.45, 2.75) is 0 Å². The van der Waals surface area contributed by atoms with Gasteiger partial charge in [-0.3, -0.25) is 0 Å². The zero-order valence-electron chi connectivity index (χ0n) is 5.97. The van der Waals surface area contributed by atoms with E-state index in [4.69, 9.17) is 5.73 Å². The first kappa shape index (κ1) is 7.62. The van der Waals surface area contributed by atoms with Crippen LogP contribution in [0, 0.1) is 11.8 Å². The molecule has 0 heterocycles. The molecule has 0 aliphatic heterocycles. The van der Waals surface area contributed by atoms with E-state index in [-0.39, 0.29) is 0 Å². The number of nitrogens with two attached hydrogens (primary N) is 1. The van der Waals surface area contributed by atoms with E-state index in [9.17, 15) is 4.39 Å². The lowest BCUT2D eigenvalue weighted by Gasteiger charge is -1.93. The molecule has 1 aromatic carbocycles. The highest BCUT2D eigenvalue weighted by Gasteiger charge is 1.89. The van der Waals surface area contributed by atoms with Crippen molar-refractivity contribution in [1.29, 1.82) is 0 Å². The molecule has 0 spiro atoms. The highest BCUT2D eigenvalue weighted by molar-refractivity contribution is 5.55. The molecule has 0 fully saturated rings. The molecule has 0 atom stereocenters. The van der Waals surface area contributed by atoms with E-state index < -0.39 is 6.67 Å². The lowest BCUT2D eigenvalue weighted by Crippen LogP contribution is -1.88. The number of anilines is 1. The van der Waals surface area contributed by atoms with Gasteiger partial charge in [0.05, 0.1) is 0 Å². The van der Waals surface area contributed by atoms with E-state index in [2.05, 4.69) is 11.8 Å². The smallest absolute Gasteiger partial charge is 0.150 e. The van der Waals surface area contributed by atoms with Crippen LogP contribution < -0.4 is 5.73 Å². The zero-order valence-corrected chi connectivity index (χ0v) is 5.97. The van der Waals surface area contributed by atoms with Crippen molar-refractivity contribution in [2.75, 3.05) is 12.4 Å². The average Bonchev–Trinajstić information content (AvgIpc) is 2.03. The maximum absolute atomic E-state index is 11.6. The molecule has 0 radical (unpaired) electrons. The van der Waals surface area contributed by atoms with E-state index >= 15 is 0 Å². The first-order valence-electron chi connectivity index (χ1n) is 3.24. The third-order valence-electron chi connectivity index (χ3n) is 1.25. The first-order valence-corrected chi connectivity index (χ1v) is 3.24. The first-order chi connectivity index (χ1) is 5.34. The summed E-state index contributed by atoms with van der Waals surface area (Å²) in [5.74, 6) is 4.92. The monoisotopic (exact) mass is 149 g/mol. The molecule has 1 rings (SSSR count). The van der Waals surface area contributed by atoms with E-state index in [0.717, 1.165) is 0 Å². The molecule has 0 aliphatic carbocycles. The second-order valence-electron chi connectivity index (χ2n) is 2.02. The Morgan fingerprint density at radius 3 is 2.73 bits per heavy atom. The molecule has 56 valence electrons. The van der Waals surface area contributed by atoms with Crippen LogP contribution in [0.1, 0.15) is 5.56 Å². The van der Waals surface area contributed by atoms with Gasteiger partial charge in [0.2, 0.25) is 0 Å². The maximum Gasteiger partial charge on any atom is 0.150 e. The van der Waals surface area contributed by atoms with Crippen LogP contribution in [0.25, 0.3) is 0 Å². The van der Waals surface area contributed by atoms with Gasteiger partial charge >= 0.3 is 0 Å². The Kier molecular flexibility index (Phi) is 2.51. The van der Waals surface area contributed by atoms with Crippen molar-refractivity contribution >= 4 is 5.69 Å². The van der Waals surface area contributed by atoms with Crippen molar-refractivity contribution in [3.63, 3.8) is 0 Å². The fourth-order valence-corrected chi connectivity index (χ4v) is 0.739. The molecule has 2 heteroatoms. The van der Waals surface area contributed by atoms with Crippen LogP contribution in [0.4, 0.5) is 10.1 Å². The normalized spacial score (nSPS) is 8.45. The minimum atomic E-state index is -0.631. The van der Waals surface area contributed by atoms with Gasteiger partial charge in [-0.25, -0.2) is 4.39 Å². The summed E-state index contributed by atoms with van der Waals surface area (Å²) >= 11 is 0. The van der Waals surface area contributed by atoms with Gasteiger partial charge in [-0.15, -0.1) is 0 Å². The molecule has 11 heavy (non-hydrogen) atoms. The van der Waals surface area contributed by atoms with Gasteiger partial charge in [0.25, 0.3) is 0 Å². The second-order valence-corrected chi connectivity index (χ2v) is 2.02. The van der Waals surface area contributed by atoms with Gasteiger partial charge < -0.3 is 5.73 Å². The number of halogens is 1. The van der Waals surface area contributed by atoms with Crippen LogP contribution in [0.3, 0.4) is 0 Å². The van der Waals surface area contributed by atoms with Gasteiger partial charge in [0.1, 0.15) is 0 Å². The number of alkyl halides is 1. The second kappa shape index (κ2) is 3.62. The fraction of sp³-hybridized carbons (Fsp3) is 0.111. The number of rotatable bonds is 0. The Hall–Kier alpha value is -1.49. The summed E-state index contributed by atoms with van der Waals surface area (Å²) in [7, 11) is 0. The van der Waals surface area contributed by atoms with Crippen molar-refractivity contribution in [3.05, 3.63) is 29.8 Å². The van der Waals surface area contributed by atoms with Gasteiger partial charge in [-0.1, -0.05) is 24.0 Å². The number of nitrogen functional groups attached to an aromatic ring is 1. The summed E-state index contributed by atoms with van der Waals surface area (Å²) in [5.41, 5.74) is 6.81. The summed E-state index contributed by atoms with van der Waals surface area (Å²) < 4.78 is 11.6. The summed E-state index contributed by atoms with van der Waals surface area (Å²) in [6, 6.07) is 7.13. The van der Waals surface area contributed by atoms with E-state index in [1.165, 1.54) is 0 Å². The maximum atomic E-state index is 11.6. The van der Waals surface area contributed by atoms with Crippen molar-refractivity contribution in [1.82, 2.24) is 0 Å². The number of hydrogen-bond acceptors (Lipinski definition) is 1. The minimum Gasteiger partial charge on any atom is -0.398 e. The third-order valence-corrected chi connectivity index (χ3v) is 1.25. The molecular formula is C9H8FN. The largest absolute Gasteiger partial charge is 0.398 e. The van der Waals surface area contributed by atoms with Gasteiger partial charge in [-0.05, 0) is 12.1 Å². The van der Waals surface area contributed by atoms with Crippen LogP contribution in [-0.2, 0) is 0 Å². The standard InChI is InChI=1S/C9H8FN/c10-7-3-5-8-4-1-2-6-9(8)11/h1-2,4,6H,7,11H2. The Morgan fingerprint density at radius 2 is 2.09 bits per heavy atom. The number of benzene rings is 1. The topological polar surface area (TPSA) is 26.0 Å². The lowest BCUT2D eigenvalue weighted by molar-refractivity contribution is 0.573. The van der Waals surface area contributed by atoms with Crippen LogP contribution in [0.15, 0.2) is 24.3 Å². The number of hydrogen-bond donors (Lipinski definition) is 1. The molecule has 1 nitrogen and oxygen atoms in total. The van der Waals surface area contributed by atoms with Crippen molar-refractivity contribution < 1.29 is 4.39 Å². The predicted molar refractivity (Wildman–Crippen MR) is 43.7 cm³/mol. The highest BCUT2D eigenvalue weighted by atomic mass is 19.1. The predicted octanol–water partition coefficient (Wildman–Crippen LogP) is 1.59. The SMILES string of the molecule is Nc1ccccc1C#CCF. The minimum absolute atomic E-state index is 0.591. The van der Waals surface area contributed by atoms with Crippen molar-refractivity contribution in [3.8, 4) is 11.8 Å². The summed E-state index contributed by atoms with van der Waals surface area (Å²) in [5, 5.41) is 0. The quantitative estimate of drug-likeness (QED) is 0.440. The van der Waals surface area contributed by atoms with Gasteiger partial charge in [-0.2, -0.15) is 0 Å². The summed E-state index contributed by atoms with van der Waals surface area (Å²) in [6.45, 7) is -0.631. The molecule has 0 aliphatic rings. The Labute approximate surface area is 65.0 Å². The molecule has 2 N–H and O–H groups in total. The molecule has 0 saturated heterocycles. The molecule has 0 saturated carbocycles. The van der Waals surface area contributed by atoms with E-state index in [1.54, 1.807) is 12.1 Å². The van der Waals surface area contributed by atoms with Crippen LogP contribution in [0.5, 0.6) is 0 Å². The van der Waals surface area contributed by atoms with Crippen LogP contribution in [-0.4, -0.2) is 6.67 Å². The Morgan fingerprint density at radius 1 is 1.36 bits per heavy atom. The van der Waals surface area contributed by atoms with Gasteiger partial charge in [0, 0.05) is 11.3 Å². The van der Waals surface area contributed by atoms with Crippen molar-refractivity contribution in [2.24, 2.45) is 0 Å². The molecule has 0 amide bonds. The zero-order chi connectivity index (χ0) is 8.10. The fourth-order valence-electron chi connectivity index (χ4n) is 0.739. The summed E-state index contributed by atoms with van der Waals surface area (Å²) in [4.78, 5) is 0. The average molecular weight is 149 g/mol. The van der Waals surface area contributed by atoms with E-state index in [1.807, 2.05) is 12.1 Å². The Balaban J connectivity index is 2.95. The van der Waals surface area contributed by atoms with Gasteiger partial charge in [0.15, 0.2) is 6.67 Å². The molecule has 0 aromatic heterocycles. The van der Waals surface area contributed by atoms with Crippen LogP contribution >= 0.6 is 0 Å². The van der Waals surface area contributed by atoms with E-state index in [0.29, 0.717) is 11.3 Å². The Bertz CT molecular complexity index is 296. The molecule has 0 unspecified atom stereocenters. The third kappa shape index (κ3) is 1.98. The lowest BCUT2D eigenvalue weighted by atomic mass is 10.2. The highest BCUT2D eigenvalue weighted by Crippen LogP contribution is 2.07. The number of para-hydroxylation sites is 1. The molecular weight excluding hydrogens is 141 g/mol. The molecule has 0 bridgehead atoms. The summed E-state index contributed by atoms with van der Waals surface area (Å²) in [6.07, 6.45) is 0. The molecule has 1 aromatic rings.